The number of nitrogens with zero attached hydrogens (tertiary/aromatic N) is 2. The second-order valence-corrected chi connectivity index (χ2v) is 4.47. The first-order valence-corrected chi connectivity index (χ1v) is 6.58. The Kier molecular flexibility index (Phi) is 3.59. The van der Waals surface area contributed by atoms with Crippen molar-refractivity contribution in [2.75, 3.05) is 30.5 Å². The number of rotatable bonds is 2. The van der Waals surface area contributed by atoms with Crippen LogP contribution in [0.25, 0.3) is 0 Å². The maximum absolute atomic E-state index is 12.5. The molecule has 0 unspecified atom stereocenters. The number of hydrogen-bond acceptors (Lipinski definition) is 4. The lowest BCUT2D eigenvalue weighted by Crippen LogP contribution is -2.40. The summed E-state index contributed by atoms with van der Waals surface area (Å²) in [5.74, 6) is 1.27. The van der Waals surface area contributed by atoms with E-state index >= 15 is 0 Å². The van der Waals surface area contributed by atoms with Crippen molar-refractivity contribution in [2.45, 2.75) is 0 Å². The highest BCUT2D eigenvalue weighted by atomic mass is 16.5. The van der Waals surface area contributed by atoms with Gasteiger partial charge in [-0.1, -0.05) is 12.1 Å². The summed E-state index contributed by atoms with van der Waals surface area (Å²) in [4.78, 5) is 18.1. The predicted octanol–water partition coefficient (Wildman–Crippen LogP) is 2.52. The molecule has 1 aromatic heterocycles. The SMILES string of the molecule is COc1ccncc1NC(=O)N1CCOc2ccccc21. The van der Waals surface area contributed by atoms with Crippen molar-refractivity contribution in [2.24, 2.45) is 0 Å². The molecule has 1 aliphatic rings. The van der Waals surface area contributed by atoms with Gasteiger partial charge in [-0.3, -0.25) is 9.88 Å². The Morgan fingerprint density at radius 2 is 2.24 bits per heavy atom. The molecular weight excluding hydrogens is 270 g/mol. The number of ether oxygens (including phenoxy) is 2. The number of hydrogen-bond donors (Lipinski definition) is 1. The summed E-state index contributed by atoms with van der Waals surface area (Å²) in [6.07, 6.45) is 3.17. The molecule has 0 aliphatic carbocycles. The lowest BCUT2D eigenvalue weighted by atomic mass is 10.2. The lowest BCUT2D eigenvalue weighted by molar-refractivity contribution is 0.250. The zero-order chi connectivity index (χ0) is 14.7. The van der Waals surface area contributed by atoms with Crippen LogP contribution < -0.4 is 19.7 Å². The second kappa shape index (κ2) is 5.70. The van der Waals surface area contributed by atoms with Crippen LogP contribution in [0.15, 0.2) is 42.7 Å². The van der Waals surface area contributed by atoms with Gasteiger partial charge in [-0.25, -0.2) is 4.79 Å². The predicted molar refractivity (Wildman–Crippen MR) is 79.1 cm³/mol. The van der Waals surface area contributed by atoms with Gasteiger partial charge in [0.25, 0.3) is 0 Å². The average Bonchev–Trinajstić information content (AvgIpc) is 2.54. The van der Waals surface area contributed by atoms with Crippen LogP contribution in [0.2, 0.25) is 0 Å². The number of para-hydroxylation sites is 2. The Morgan fingerprint density at radius 1 is 1.38 bits per heavy atom. The van der Waals surface area contributed by atoms with E-state index < -0.39 is 0 Å². The molecule has 21 heavy (non-hydrogen) atoms. The molecule has 3 rings (SSSR count). The Balaban J connectivity index is 1.84. The van der Waals surface area contributed by atoms with Crippen molar-refractivity contribution in [1.29, 1.82) is 0 Å². The van der Waals surface area contributed by atoms with E-state index in [9.17, 15) is 4.79 Å². The lowest BCUT2D eigenvalue weighted by Gasteiger charge is -2.29. The highest BCUT2D eigenvalue weighted by molar-refractivity contribution is 6.03. The first kappa shape index (κ1) is 13.2. The van der Waals surface area contributed by atoms with E-state index in [1.165, 1.54) is 0 Å². The second-order valence-electron chi connectivity index (χ2n) is 4.47. The Hall–Kier alpha value is -2.76. The molecule has 0 spiro atoms. The van der Waals surface area contributed by atoms with Crippen molar-refractivity contribution in [3.05, 3.63) is 42.7 Å². The number of anilines is 2. The van der Waals surface area contributed by atoms with Crippen molar-refractivity contribution < 1.29 is 14.3 Å². The molecule has 0 saturated heterocycles. The van der Waals surface area contributed by atoms with Crippen LogP contribution in [0.3, 0.4) is 0 Å². The molecule has 6 heteroatoms. The molecule has 0 radical (unpaired) electrons. The number of fused-ring (bicyclic) bond motifs is 1. The molecule has 2 heterocycles. The fourth-order valence-corrected chi connectivity index (χ4v) is 2.22. The maximum atomic E-state index is 12.5. The summed E-state index contributed by atoms with van der Waals surface area (Å²) in [6.45, 7) is 0.958. The number of carbonyl (C=O) groups excluding carboxylic acids is 1. The molecule has 1 N–H and O–H groups in total. The molecular formula is C15H15N3O3. The van der Waals surface area contributed by atoms with Crippen LogP contribution in [-0.4, -0.2) is 31.3 Å². The van der Waals surface area contributed by atoms with E-state index in [0.29, 0.717) is 30.3 Å². The number of carbonyl (C=O) groups is 1. The fraction of sp³-hybridized carbons (Fsp3) is 0.200. The number of aromatic nitrogens is 1. The number of pyridine rings is 1. The summed E-state index contributed by atoms with van der Waals surface area (Å²) in [5, 5.41) is 2.82. The molecule has 0 bridgehead atoms. The minimum Gasteiger partial charge on any atom is -0.494 e. The van der Waals surface area contributed by atoms with Crippen LogP contribution in [-0.2, 0) is 0 Å². The molecule has 108 valence electrons. The van der Waals surface area contributed by atoms with Gasteiger partial charge in [-0.05, 0) is 12.1 Å². The van der Waals surface area contributed by atoms with E-state index in [2.05, 4.69) is 10.3 Å². The molecule has 2 aromatic rings. The summed E-state index contributed by atoms with van der Waals surface area (Å²) < 4.78 is 10.7. The summed E-state index contributed by atoms with van der Waals surface area (Å²) in [5.41, 5.74) is 1.29. The minimum atomic E-state index is -0.239. The van der Waals surface area contributed by atoms with E-state index in [1.807, 2.05) is 24.3 Å². The molecule has 6 nitrogen and oxygen atoms in total. The number of amides is 2. The molecule has 1 aliphatic heterocycles. The smallest absolute Gasteiger partial charge is 0.326 e. The Labute approximate surface area is 122 Å². The number of nitrogens with one attached hydrogen (secondary N) is 1. The topological polar surface area (TPSA) is 63.7 Å². The van der Waals surface area contributed by atoms with Crippen LogP contribution in [0.4, 0.5) is 16.2 Å². The van der Waals surface area contributed by atoms with E-state index in [-0.39, 0.29) is 6.03 Å². The van der Waals surface area contributed by atoms with E-state index in [0.717, 1.165) is 5.69 Å². The zero-order valence-electron chi connectivity index (χ0n) is 11.6. The molecule has 1 aromatic carbocycles. The van der Waals surface area contributed by atoms with Gasteiger partial charge in [0.1, 0.15) is 23.8 Å². The third kappa shape index (κ3) is 2.60. The minimum absolute atomic E-state index is 0.239. The highest BCUT2D eigenvalue weighted by Gasteiger charge is 2.23. The van der Waals surface area contributed by atoms with Crippen LogP contribution in [0, 0.1) is 0 Å². The third-order valence-electron chi connectivity index (χ3n) is 3.22. The van der Waals surface area contributed by atoms with E-state index in [1.54, 1.807) is 30.5 Å². The van der Waals surface area contributed by atoms with Crippen molar-refractivity contribution in [3.8, 4) is 11.5 Å². The van der Waals surface area contributed by atoms with Gasteiger partial charge in [-0.15, -0.1) is 0 Å². The first-order valence-electron chi connectivity index (χ1n) is 6.58. The monoisotopic (exact) mass is 285 g/mol. The number of urea groups is 1. The summed E-state index contributed by atoms with van der Waals surface area (Å²) in [7, 11) is 1.55. The number of benzene rings is 1. The molecule has 0 fully saturated rings. The largest absolute Gasteiger partial charge is 0.494 e. The standard InChI is InChI=1S/C15H15N3O3/c1-20-13-6-7-16-10-11(13)17-15(19)18-8-9-21-14-5-3-2-4-12(14)18/h2-7,10H,8-9H2,1H3,(H,17,19). The van der Waals surface area contributed by atoms with Crippen molar-refractivity contribution in [1.82, 2.24) is 4.98 Å². The van der Waals surface area contributed by atoms with Gasteiger partial charge in [0, 0.05) is 12.3 Å². The van der Waals surface area contributed by atoms with E-state index in [4.69, 9.17) is 9.47 Å². The van der Waals surface area contributed by atoms with Crippen molar-refractivity contribution >= 4 is 17.4 Å². The molecule has 0 atom stereocenters. The van der Waals surface area contributed by atoms with Crippen LogP contribution in [0.5, 0.6) is 11.5 Å². The quantitative estimate of drug-likeness (QED) is 0.921. The first-order chi connectivity index (χ1) is 10.3. The molecule has 2 amide bonds. The highest BCUT2D eigenvalue weighted by Crippen LogP contribution is 2.32. The van der Waals surface area contributed by atoms with Gasteiger partial charge in [0.05, 0.1) is 25.5 Å². The van der Waals surface area contributed by atoms with Crippen molar-refractivity contribution in [3.63, 3.8) is 0 Å². The normalized spacial score (nSPS) is 13.1. The maximum Gasteiger partial charge on any atom is 0.326 e. The zero-order valence-corrected chi connectivity index (χ0v) is 11.6. The Morgan fingerprint density at radius 3 is 3.10 bits per heavy atom. The van der Waals surface area contributed by atoms with Gasteiger partial charge in [-0.2, -0.15) is 0 Å². The number of methoxy groups -OCH3 is 1. The van der Waals surface area contributed by atoms with Gasteiger partial charge in [0.2, 0.25) is 0 Å². The van der Waals surface area contributed by atoms with Crippen LogP contribution >= 0.6 is 0 Å². The van der Waals surface area contributed by atoms with Crippen LogP contribution in [0.1, 0.15) is 0 Å². The van der Waals surface area contributed by atoms with Gasteiger partial charge < -0.3 is 14.8 Å². The van der Waals surface area contributed by atoms with Gasteiger partial charge >= 0.3 is 6.03 Å². The average molecular weight is 285 g/mol. The fourth-order valence-electron chi connectivity index (χ4n) is 2.22. The summed E-state index contributed by atoms with van der Waals surface area (Å²) >= 11 is 0. The molecule has 0 saturated carbocycles. The van der Waals surface area contributed by atoms with Gasteiger partial charge in [0.15, 0.2) is 0 Å². The Bertz CT molecular complexity index is 660. The third-order valence-corrected chi connectivity index (χ3v) is 3.22. The summed E-state index contributed by atoms with van der Waals surface area (Å²) in [6, 6.07) is 8.91.